The molecule has 0 spiro atoms. The number of cyclic esters (lactones) is 1. The second-order valence-corrected chi connectivity index (χ2v) is 7.55. The minimum atomic E-state index is -1.82. The van der Waals surface area contributed by atoms with Gasteiger partial charge in [0.15, 0.2) is 5.60 Å². The molecule has 2 aliphatic heterocycles. The molecule has 7 nitrogen and oxygen atoms in total. The highest BCUT2D eigenvalue weighted by molar-refractivity contribution is 5.91. The molecule has 0 unspecified atom stereocenters. The SMILES string of the molecule is CC[C@@]1(O)C(=O)OCc2c1cc1n(c2=O)Cc2cc3c(/C=C/OC)cccc3nc2-1. The number of carbonyl (C=O) groups excluding carboxylic acids is 1. The quantitative estimate of drug-likeness (QED) is 0.417. The summed E-state index contributed by atoms with van der Waals surface area (Å²) in [7, 11) is 1.59. The number of rotatable bonds is 3. The van der Waals surface area contributed by atoms with Crippen LogP contribution in [-0.2, 0) is 33.0 Å². The van der Waals surface area contributed by atoms with Crippen LogP contribution in [0.1, 0.15) is 35.6 Å². The second-order valence-electron chi connectivity index (χ2n) is 7.55. The maximum Gasteiger partial charge on any atom is 0.343 e. The summed E-state index contributed by atoms with van der Waals surface area (Å²) in [6.07, 6.45) is 3.60. The van der Waals surface area contributed by atoms with Gasteiger partial charge in [-0.1, -0.05) is 19.1 Å². The lowest BCUT2D eigenvalue weighted by molar-refractivity contribution is -0.172. The van der Waals surface area contributed by atoms with Crippen LogP contribution in [0.4, 0.5) is 0 Å². The highest BCUT2D eigenvalue weighted by atomic mass is 16.6. The van der Waals surface area contributed by atoms with Crippen LogP contribution in [0.25, 0.3) is 28.4 Å². The molecule has 1 N–H and O–H groups in total. The first-order valence-electron chi connectivity index (χ1n) is 9.77. The van der Waals surface area contributed by atoms with Gasteiger partial charge in [0.1, 0.15) is 6.61 Å². The van der Waals surface area contributed by atoms with Crippen LogP contribution in [0, 0.1) is 0 Å². The third-order valence-electron chi connectivity index (χ3n) is 5.97. The molecule has 3 aromatic rings. The van der Waals surface area contributed by atoms with Crippen LogP contribution in [0.15, 0.2) is 41.4 Å². The first kappa shape index (κ1) is 18.6. The van der Waals surface area contributed by atoms with E-state index in [-0.39, 0.29) is 18.6 Å². The van der Waals surface area contributed by atoms with E-state index >= 15 is 0 Å². The standard InChI is InChI=1S/C23H20N2O5/c1-3-23(28)17-10-19-20-14(11-25(19)21(26)16(17)12-30-22(23)27)9-15-13(7-8-29-2)5-4-6-18(15)24-20/h4-10,28H,3,11-12H2,1-2H3/b8-7+/t23-/m0/s1. The highest BCUT2D eigenvalue weighted by Gasteiger charge is 2.45. The zero-order valence-corrected chi connectivity index (χ0v) is 16.6. The number of esters is 1. The number of aromatic nitrogens is 2. The van der Waals surface area contributed by atoms with Gasteiger partial charge in [0, 0.05) is 16.5 Å². The zero-order valence-electron chi connectivity index (χ0n) is 16.6. The summed E-state index contributed by atoms with van der Waals surface area (Å²) in [5, 5.41) is 11.9. The molecule has 5 rings (SSSR count). The summed E-state index contributed by atoms with van der Waals surface area (Å²) in [6.45, 7) is 1.93. The van der Waals surface area contributed by atoms with Crippen molar-refractivity contribution in [3.63, 3.8) is 0 Å². The summed E-state index contributed by atoms with van der Waals surface area (Å²) in [4.78, 5) is 30.3. The van der Waals surface area contributed by atoms with Gasteiger partial charge < -0.3 is 19.1 Å². The second kappa shape index (κ2) is 6.53. The molecular formula is C23H20N2O5. The molecular weight excluding hydrogens is 384 g/mol. The van der Waals surface area contributed by atoms with Crippen molar-refractivity contribution in [2.24, 2.45) is 0 Å². The van der Waals surface area contributed by atoms with Gasteiger partial charge in [-0.2, -0.15) is 0 Å². The summed E-state index contributed by atoms with van der Waals surface area (Å²) >= 11 is 0. The van der Waals surface area contributed by atoms with E-state index in [1.54, 1.807) is 30.9 Å². The smallest absolute Gasteiger partial charge is 0.343 e. The van der Waals surface area contributed by atoms with Crippen molar-refractivity contribution < 1.29 is 19.4 Å². The van der Waals surface area contributed by atoms with Crippen LogP contribution < -0.4 is 5.56 Å². The number of aliphatic hydroxyl groups is 1. The average Bonchev–Trinajstić information content (AvgIpc) is 3.11. The van der Waals surface area contributed by atoms with Crippen molar-refractivity contribution in [1.29, 1.82) is 0 Å². The van der Waals surface area contributed by atoms with Crippen molar-refractivity contribution >= 4 is 22.9 Å². The number of hydrogen-bond acceptors (Lipinski definition) is 6. The molecule has 1 aromatic carbocycles. The molecule has 0 saturated heterocycles. The fourth-order valence-electron chi connectivity index (χ4n) is 4.31. The Morgan fingerprint density at radius 2 is 2.17 bits per heavy atom. The molecule has 0 saturated carbocycles. The van der Waals surface area contributed by atoms with Gasteiger partial charge in [-0.15, -0.1) is 0 Å². The summed E-state index contributed by atoms with van der Waals surface area (Å²) in [5.74, 6) is -0.721. The van der Waals surface area contributed by atoms with Crippen LogP contribution in [0.3, 0.4) is 0 Å². The molecule has 0 amide bonds. The Kier molecular flexibility index (Phi) is 4.04. The fourth-order valence-corrected chi connectivity index (χ4v) is 4.31. The maximum absolute atomic E-state index is 13.2. The molecule has 152 valence electrons. The molecule has 2 aromatic heterocycles. The van der Waals surface area contributed by atoms with E-state index in [9.17, 15) is 14.7 Å². The zero-order chi connectivity index (χ0) is 21.0. The molecule has 1 atom stereocenters. The highest BCUT2D eigenvalue weighted by Crippen LogP contribution is 2.38. The number of nitrogens with zero attached hydrogens (tertiary/aromatic N) is 2. The van der Waals surface area contributed by atoms with Gasteiger partial charge in [0.25, 0.3) is 5.56 Å². The third kappa shape index (κ3) is 2.45. The van der Waals surface area contributed by atoms with E-state index in [1.165, 1.54) is 0 Å². The monoisotopic (exact) mass is 404 g/mol. The lowest BCUT2D eigenvalue weighted by Gasteiger charge is -2.31. The Balaban J connectivity index is 1.75. The van der Waals surface area contributed by atoms with Gasteiger partial charge in [-0.25, -0.2) is 9.78 Å². The van der Waals surface area contributed by atoms with E-state index in [4.69, 9.17) is 14.5 Å². The number of benzene rings is 1. The molecule has 2 aliphatic rings. The molecule has 0 fully saturated rings. The van der Waals surface area contributed by atoms with E-state index < -0.39 is 11.6 Å². The number of carbonyl (C=O) groups is 1. The van der Waals surface area contributed by atoms with Crippen molar-refractivity contribution in [3.8, 4) is 11.4 Å². The van der Waals surface area contributed by atoms with Crippen molar-refractivity contribution in [2.45, 2.75) is 32.1 Å². The van der Waals surface area contributed by atoms with Gasteiger partial charge >= 0.3 is 5.97 Å². The van der Waals surface area contributed by atoms with Crippen LogP contribution >= 0.6 is 0 Å². The van der Waals surface area contributed by atoms with Crippen LogP contribution in [0.2, 0.25) is 0 Å². The van der Waals surface area contributed by atoms with E-state index in [0.29, 0.717) is 29.1 Å². The van der Waals surface area contributed by atoms with Gasteiger partial charge in [-0.3, -0.25) is 4.79 Å². The van der Waals surface area contributed by atoms with Crippen molar-refractivity contribution in [3.05, 3.63) is 69.2 Å². The summed E-state index contributed by atoms with van der Waals surface area (Å²) in [6, 6.07) is 9.56. The fraction of sp³-hybridized carbons (Fsp3) is 0.261. The largest absolute Gasteiger partial charge is 0.504 e. The Morgan fingerprint density at radius 3 is 2.93 bits per heavy atom. The van der Waals surface area contributed by atoms with Crippen LogP contribution in [0.5, 0.6) is 0 Å². The predicted octanol–water partition coefficient (Wildman–Crippen LogP) is 2.70. The summed E-state index contributed by atoms with van der Waals surface area (Å²) in [5.41, 5.74) is 2.52. The molecule has 30 heavy (non-hydrogen) atoms. The van der Waals surface area contributed by atoms with Crippen LogP contribution in [-0.4, -0.2) is 27.7 Å². The van der Waals surface area contributed by atoms with Gasteiger partial charge in [-0.05, 0) is 36.3 Å². The molecule has 4 heterocycles. The van der Waals surface area contributed by atoms with Gasteiger partial charge in [0.2, 0.25) is 0 Å². The van der Waals surface area contributed by atoms with Crippen molar-refractivity contribution in [2.75, 3.05) is 7.11 Å². The Morgan fingerprint density at radius 1 is 1.33 bits per heavy atom. The lowest BCUT2D eigenvalue weighted by atomic mass is 9.86. The van der Waals surface area contributed by atoms with E-state index in [0.717, 1.165) is 22.0 Å². The minimum Gasteiger partial charge on any atom is -0.504 e. The van der Waals surface area contributed by atoms with Crippen molar-refractivity contribution in [1.82, 2.24) is 9.55 Å². The van der Waals surface area contributed by atoms with E-state index in [1.807, 2.05) is 30.3 Å². The average molecular weight is 404 g/mol. The third-order valence-corrected chi connectivity index (χ3v) is 5.97. The molecule has 7 heteroatoms. The number of methoxy groups -OCH3 is 1. The maximum atomic E-state index is 13.2. The molecule has 0 bridgehead atoms. The number of ether oxygens (including phenoxy) is 2. The topological polar surface area (TPSA) is 90.7 Å². The number of pyridine rings is 2. The Hall–Kier alpha value is -3.45. The number of hydrogen-bond donors (Lipinski definition) is 1. The molecule has 0 aliphatic carbocycles. The summed E-state index contributed by atoms with van der Waals surface area (Å²) < 4.78 is 11.8. The predicted molar refractivity (Wildman–Crippen MR) is 111 cm³/mol. The lowest BCUT2D eigenvalue weighted by Crippen LogP contribution is -2.44. The Bertz CT molecular complexity index is 1310. The number of fused-ring (bicyclic) bond motifs is 5. The van der Waals surface area contributed by atoms with Gasteiger partial charge in [0.05, 0.1) is 42.4 Å². The minimum absolute atomic E-state index is 0.120. The van der Waals surface area contributed by atoms with E-state index in [2.05, 4.69) is 0 Å². The Labute approximate surface area is 172 Å². The first-order valence-corrected chi connectivity index (χ1v) is 9.77. The normalized spacial score (nSPS) is 19.5. The molecule has 0 radical (unpaired) electrons. The first-order chi connectivity index (χ1) is 14.5.